The van der Waals surface area contributed by atoms with Crippen LogP contribution in [0.5, 0.6) is 0 Å². The molecule has 0 saturated carbocycles. The number of unbranched alkanes of at least 4 members (excludes halogenated alkanes) is 2. The molecule has 8 atom stereocenters. The Labute approximate surface area is 254 Å². The molecule has 0 spiro atoms. The molecule has 11 heteroatoms. The van der Waals surface area contributed by atoms with E-state index in [4.69, 9.17) is 18.3 Å². The molecule has 0 aliphatic carbocycles. The Morgan fingerprint density at radius 3 is 2.38 bits per heavy atom. The first-order valence-corrected chi connectivity index (χ1v) is 21.1. The average Bonchev–Trinajstić information content (AvgIpc) is 2.95. The minimum absolute atomic E-state index is 0.0200. The minimum Gasteiger partial charge on any atom is -0.461 e. The number of rotatable bonds is 22. The van der Waals surface area contributed by atoms with Gasteiger partial charge in [-0.15, -0.1) is 0 Å². The number of hydrogen-bond donors (Lipinski definition) is 0. The summed E-state index contributed by atoms with van der Waals surface area (Å²) in [6.45, 7) is 2.46. The standard InChI is InChI=1S/C29H46O5P6/c1-2-3-4-5-6-7-13-22-28(34-40(37)38)27(33-39-36)21-16-15-20-26(32-35)19-12-9-14-23-29(30)31-24-25-17-10-8-11-18-25/h3-4,6-8,10-11,13,15-18,20-22,26-28,39H,2,5,9,12,14,19,23-24,35-38H2,1H3/b4-3-,7-6-,20-15-,21-16+,22-13+. The van der Waals surface area contributed by atoms with E-state index in [0.29, 0.717) is 13.0 Å². The maximum Gasteiger partial charge on any atom is 0.306 e. The van der Waals surface area contributed by atoms with E-state index in [2.05, 4.69) is 61.4 Å². The van der Waals surface area contributed by atoms with Crippen molar-refractivity contribution in [3.63, 3.8) is 0 Å². The van der Waals surface area contributed by atoms with Gasteiger partial charge in [-0.25, -0.2) is 0 Å². The van der Waals surface area contributed by atoms with Gasteiger partial charge in [0.15, 0.2) is 0 Å². The molecule has 0 radical (unpaired) electrons. The van der Waals surface area contributed by atoms with Crippen molar-refractivity contribution in [2.24, 2.45) is 0 Å². The highest BCUT2D eigenvalue weighted by molar-refractivity contribution is 8.41. The van der Waals surface area contributed by atoms with Gasteiger partial charge in [-0.3, -0.25) is 4.79 Å². The fraction of sp³-hybridized carbons (Fsp3) is 0.414. The lowest BCUT2D eigenvalue weighted by molar-refractivity contribution is -0.145. The van der Waals surface area contributed by atoms with Crippen LogP contribution in [-0.2, 0) is 29.7 Å². The van der Waals surface area contributed by atoms with E-state index in [1.807, 2.05) is 72.9 Å². The second-order valence-electron chi connectivity index (χ2n) is 8.75. The van der Waals surface area contributed by atoms with Crippen LogP contribution in [0.15, 0.2) is 91.1 Å². The molecule has 0 aliphatic rings. The van der Waals surface area contributed by atoms with Crippen LogP contribution in [0.4, 0.5) is 0 Å². The van der Waals surface area contributed by atoms with Crippen molar-refractivity contribution < 1.29 is 23.1 Å². The molecule has 8 unspecified atom stereocenters. The lowest BCUT2D eigenvalue weighted by Gasteiger charge is -2.23. The van der Waals surface area contributed by atoms with Gasteiger partial charge in [-0.05, 0) is 31.2 Å². The van der Waals surface area contributed by atoms with E-state index in [1.165, 1.54) is 0 Å². The van der Waals surface area contributed by atoms with Gasteiger partial charge in [0.2, 0.25) is 0 Å². The lowest BCUT2D eigenvalue weighted by atomic mass is 10.1. The van der Waals surface area contributed by atoms with E-state index in [-0.39, 0.29) is 32.8 Å². The molecule has 0 aromatic heterocycles. The number of carbonyl (C=O) groups is 1. The van der Waals surface area contributed by atoms with Crippen LogP contribution >= 0.6 is 52.3 Å². The average molecular weight is 661 g/mol. The molecule has 0 saturated heterocycles. The van der Waals surface area contributed by atoms with Gasteiger partial charge >= 0.3 is 5.97 Å². The zero-order chi connectivity index (χ0) is 29.3. The summed E-state index contributed by atoms with van der Waals surface area (Å²) in [4.78, 5) is 12.0. The first-order valence-electron chi connectivity index (χ1n) is 13.5. The van der Waals surface area contributed by atoms with Crippen molar-refractivity contribution in [3.05, 3.63) is 96.7 Å². The van der Waals surface area contributed by atoms with Crippen LogP contribution in [0.2, 0.25) is 0 Å². The Balaban J connectivity index is 2.49. The molecule has 1 aromatic rings. The second-order valence-corrected chi connectivity index (χ2v) is 16.0. The van der Waals surface area contributed by atoms with Crippen molar-refractivity contribution in [2.45, 2.75) is 76.8 Å². The maximum atomic E-state index is 12.0. The van der Waals surface area contributed by atoms with Crippen LogP contribution in [-0.4, -0.2) is 24.3 Å². The Kier molecular flexibility index (Phi) is 25.1. The van der Waals surface area contributed by atoms with Gasteiger partial charge in [0, 0.05) is 24.4 Å². The van der Waals surface area contributed by atoms with Gasteiger partial charge in [-0.1, -0.05) is 138 Å². The Hall–Kier alpha value is -0.150. The third-order valence-electron chi connectivity index (χ3n) is 5.52. The number of hydrogen-bond acceptors (Lipinski definition) is 5. The van der Waals surface area contributed by atoms with E-state index in [0.717, 1.165) is 44.1 Å². The summed E-state index contributed by atoms with van der Waals surface area (Å²) in [5.41, 5.74) is 1.01. The molecule has 5 nitrogen and oxygen atoms in total. The first-order chi connectivity index (χ1) is 19.5. The maximum absolute atomic E-state index is 12.0. The smallest absolute Gasteiger partial charge is 0.306 e. The van der Waals surface area contributed by atoms with Gasteiger partial charge in [0.25, 0.3) is 0 Å². The summed E-state index contributed by atoms with van der Waals surface area (Å²) < 4.78 is 23.0. The molecule has 1 rings (SSSR count). The number of allylic oxidation sites excluding steroid dienone is 7. The normalized spacial score (nSPS) is 15.2. The van der Waals surface area contributed by atoms with Crippen LogP contribution in [0, 0.1) is 0 Å². The molecule has 0 N–H and O–H groups in total. The highest BCUT2D eigenvalue weighted by atomic mass is 32.4. The van der Waals surface area contributed by atoms with Gasteiger partial charge < -0.3 is 18.3 Å². The van der Waals surface area contributed by atoms with Crippen LogP contribution in [0.1, 0.15) is 57.4 Å². The Morgan fingerprint density at radius 2 is 1.68 bits per heavy atom. The van der Waals surface area contributed by atoms with Crippen molar-refractivity contribution in [1.82, 2.24) is 0 Å². The molecular formula is C29H46O5P6. The highest BCUT2D eigenvalue weighted by Crippen LogP contribution is 2.55. The lowest BCUT2D eigenvalue weighted by Crippen LogP contribution is -2.23. The third kappa shape index (κ3) is 20.7. The molecule has 0 bridgehead atoms. The summed E-state index contributed by atoms with van der Waals surface area (Å²) in [7, 11) is 9.96. The van der Waals surface area contributed by atoms with Crippen molar-refractivity contribution >= 4 is 58.2 Å². The molecule has 0 aliphatic heterocycles. The quantitative estimate of drug-likeness (QED) is 0.0408. The fourth-order valence-corrected chi connectivity index (χ4v) is 5.87. The molecule has 0 amide bonds. The van der Waals surface area contributed by atoms with E-state index >= 15 is 0 Å². The number of carbonyl (C=O) groups excluding carboxylic acids is 1. The summed E-state index contributed by atoms with van der Waals surface area (Å²) in [6.07, 6.45) is 26.1. The largest absolute Gasteiger partial charge is 0.461 e. The van der Waals surface area contributed by atoms with Gasteiger partial charge in [0.05, 0.1) is 13.6 Å². The summed E-state index contributed by atoms with van der Waals surface area (Å²) >= 11 is 0. The van der Waals surface area contributed by atoms with Crippen molar-refractivity contribution in [3.8, 4) is 0 Å². The molecule has 0 fully saturated rings. The monoisotopic (exact) mass is 660 g/mol. The molecule has 0 heterocycles. The van der Waals surface area contributed by atoms with E-state index in [9.17, 15) is 4.79 Å². The van der Waals surface area contributed by atoms with Crippen molar-refractivity contribution in [1.29, 1.82) is 0 Å². The molecule has 40 heavy (non-hydrogen) atoms. The topological polar surface area (TPSA) is 54.0 Å². The van der Waals surface area contributed by atoms with Crippen LogP contribution in [0.3, 0.4) is 0 Å². The van der Waals surface area contributed by atoms with Gasteiger partial charge in [0.1, 0.15) is 18.8 Å². The third-order valence-corrected chi connectivity index (χ3v) is 7.90. The number of esters is 1. The number of ether oxygens (including phenoxy) is 1. The number of benzene rings is 1. The van der Waals surface area contributed by atoms with E-state index < -0.39 is 7.53 Å². The Bertz CT molecular complexity index is 921. The Morgan fingerprint density at radius 1 is 0.950 bits per heavy atom. The first kappa shape index (κ1) is 37.9. The zero-order valence-corrected chi connectivity index (χ0v) is 29.9. The predicted octanol–water partition coefficient (Wildman–Crippen LogP) is 9.57. The minimum atomic E-state index is -0.715. The van der Waals surface area contributed by atoms with Crippen LogP contribution < -0.4 is 0 Å². The fourth-order valence-electron chi connectivity index (χ4n) is 3.49. The van der Waals surface area contributed by atoms with Crippen LogP contribution in [0.25, 0.3) is 0 Å². The summed E-state index contributed by atoms with van der Waals surface area (Å²) in [6, 6.07) is 9.74. The second kappa shape index (κ2) is 26.5. The molecule has 222 valence electrons. The SMILES string of the molecule is CC/C=C\C/C=C\C=C\C(OP(P)P)C(/C=C/C=C\C(CCCCCC(=O)OCc1ccccc1)OP)OPP. The van der Waals surface area contributed by atoms with E-state index in [1.54, 1.807) is 0 Å². The highest BCUT2D eigenvalue weighted by Gasteiger charge is 2.19. The zero-order valence-electron chi connectivity index (χ0n) is 23.3. The van der Waals surface area contributed by atoms with Crippen molar-refractivity contribution in [2.75, 3.05) is 0 Å². The summed E-state index contributed by atoms with van der Waals surface area (Å²) in [5, 5.41) is 0. The van der Waals surface area contributed by atoms with Gasteiger partial charge in [-0.2, -0.15) is 0 Å². The molecule has 1 aromatic carbocycles. The summed E-state index contributed by atoms with van der Waals surface area (Å²) in [5.74, 6) is -0.149. The predicted molar refractivity (Wildman–Crippen MR) is 189 cm³/mol. The molecular weight excluding hydrogens is 614 g/mol.